The lowest BCUT2D eigenvalue weighted by atomic mass is 10.2. The molecule has 1 aromatic heterocycles. The van der Waals surface area contributed by atoms with E-state index >= 15 is 0 Å². The lowest BCUT2D eigenvalue weighted by Gasteiger charge is -2.08. The number of carbonyl (C=O) groups is 1. The van der Waals surface area contributed by atoms with Gasteiger partial charge >= 0.3 is 0 Å². The summed E-state index contributed by atoms with van der Waals surface area (Å²) in [6.45, 7) is 4.43. The first-order valence-corrected chi connectivity index (χ1v) is 7.83. The minimum Gasteiger partial charge on any atom is -0.494 e. The third kappa shape index (κ3) is 3.30. The molecule has 1 N–H and O–H groups in total. The number of amides is 1. The SMILES string of the molecule is CCOc1ccc(NC(=O)c2cnn(-c3ccccc3)c2C)cc1. The molecule has 122 valence electrons. The summed E-state index contributed by atoms with van der Waals surface area (Å²) < 4.78 is 7.15. The molecule has 1 amide bonds. The molecule has 0 saturated carbocycles. The van der Waals surface area contributed by atoms with E-state index in [1.807, 2.05) is 68.4 Å². The zero-order valence-corrected chi connectivity index (χ0v) is 13.7. The van der Waals surface area contributed by atoms with Crippen LogP contribution in [0.5, 0.6) is 5.75 Å². The smallest absolute Gasteiger partial charge is 0.259 e. The van der Waals surface area contributed by atoms with E-state index in [1.54, 1.807) is 10.9 Å². The van der Waals surface area contributed by atoms with Crippen LogP contribution >= 0.6 is 0 Å². The highest BCUT2D eigenvalue weighted by Gasteiger charge is 2.15. The van der Waals surface area contributed by atoms with Gasteiger partial charge in [0, 0.05) is 5.69 Å². The summed E-state index contributed by atoms with van der Waals surface area (Å²) in [6, 6.07) is 17.0. The van der Waals surface area contributed by atoms with Gasteiger partial charge in [0.2, 0.25) is 0 Å². The summed E-state index contributed by atoms with van der Waals surface area (Å²) in [6.07, 6.45) is 1.59. The Morgan fingerprint density at radius 2 is 1.83 bits per heavy atom. The van der Waals surface area contributed by atoms with Crippen LogP contribution in [0.15, 0.2) is 60.8 Å². The monoisotopic (exact) mass is 321 g/mol. The Morgan fingerprint density at radius 1 is 1.12 bits per heavy atom. The van der Waals surface area contributed by atoms with E-state index in [0.29, 0.717) is 12.2 Å². The molecule has 0 unspecified atom stereocenters. The fraction of sp³-hybridized carbons (Fsp3) is 0.158. The third-order valence-electron chi connectivity index (χ3n) is 3.68. The Labute approximate surface area is 140 Å². The van der Waals surface area contributed by atoms with Crippen LogP contribution in [0, 0.1) is 6.92 Å². The Morgan fingerprint density at radius 3 is 2.50 bits per heavy atom. The van der Waals surface area contributed by atoms with Crippen molar-refractivity contribution in [1.82, 2.24) is 9.78 Å². The van der Waals surface area contributed by atoms with Gasteiger partial charge in [-0.1, -0.05) is 18.2 Å². The van der Waals surface area contributed by atoms with Crippen molar-refractivity contribution >= 4 is 11.6 Å². The lowest BCUT2D eigenvalue weighted by molar-refractivity contribution is 0.102. The number of aromatic nitrogens is 2. The summed E-state index contributed by atoms with van der Waals surface area (Å²) in [5, 5.41) is 7.21. The molecule has 5 nitrogen and oxygen atoms in total. The summed E-state index contributed by atoms with van der Waals surface area (Å²) in [7, 11) is 0. The maximum atomic E-state index is 12.5. The normalized spacial score (nSPS) is 10.4. The first kappa shape index (κ1) is 15.8. The summed E-state index contributed by atoms with van der Waals surface area (Å²) >= 11 is 0. The number of benzene rings is 2. The maximum Gasteiger partial charge on any atom is 0.259 e. The van der Waals surface area contributed by atoms with E-state index in [4.69, 9.17) is 4.74 Å². The van der Waals surface area contributed by atoms with Crippen LogP contribution in [0.1, 0.15) is 23.0 Å². The van der Waals surface area contributed by atoms with E-state index < -0.39 is 0 Å². The van der Waals surface area contributed by atoms with Crippen LogP contribution in [0.2, 0.25) is 0 Å². The average Bonchev–Trinajstić information content (AvgIpc) is 2.99. The molecular formula is C19H19N3O2. The standard InChI is InChI=1S/C19H19N3O2/c1-3-24-17-11-9-15(10-12-17)21-19(23)18-13-20-22(14(18)2)16-7-5-4-6-8-16/h4-13H,3H2,1-2H3,(H,21,23). The van der Waals surface area contributed by atoms with Crippen LogP contribution in [0.3, 0.4) is 0 Å². The van der Waals surface area contributed by atoms with E-state index in [-0.39, 0.29) is 5.91 Å². The Balaban J connectivity index is 1.77. The van der Waals surface area contributed by atoms with Crippen LogP contribution in [0.4, 0.5) is 5.69 Å². The van der Waals surface area contributed by atoms with Crippen LogP contribution < -0.4 is 10.1 Å². The molecule has 0 atom stereocenters. The van der Waals surface area contributed by atoms with Crippen molar-refractivity contribution in [3.8, 4) is 11.4 Å². The molecule has 0 fully saturated rings. The van der Waals surface area contributed by atoms with Gasteiger partial charge in [-0.3, -0.25) is 4.79 Å². The number of rotatable bonds is 5. The summed E-state index contributed by atoms with van der Waals surface area (Å²) in [5.74, 6) is 0.599. The molecule has 2 aromatic carbocycles. The minimum atomic E-state index is -0.182. The van der Waals surface area contributed by atoms with Crippen molar-refractivity contribution in [2.75, 3.05) is 11.9 Å². The minimum absolute atomic E-state index is 0.182. The van der Waals surface area contributed by atoms with E-state index in [0.717, 1.165) is 22.8 Å². The highest BCUT2D eigenvalue weighted by molar-refractivity contribution is 6.05. The molecule has 0 radical (unpaired) electrons. The molecule has 24 heavy (non-hydrogen) atoms. The zero-order valence-electron chi connectivity index (χ0n) is 13.7. The van der Waals surface area contributed by atoms with Crippen molar-refractivity contribution in [2.24, 2.45) is 0 Å². The van der Waals surface area contributed by atoms with Gasteiger partial charge in [0.15, 0.2) is 0 Å². The van der Waals surface area contributed by atoms with Crippen molar-refractivity contribution < 1.29 is 9.53 Å². The van der Waals surface area contributed by atoms with E-state index in [2.05, 4.69) is 10.4 Å². The van der Waals surface area contributed by atoms with E-state index in [9.17, 15) is 4.79 Å². The fourth-order valence-electron chi connectivity index (χ4n) is 2.46. The largest absolute Gasteiger partial charge is 0.494 e. The average molecular weight is 321 g/mol. The second-order valence-electron chi connectivity index (χ2n) is 5.30. The van der Waals surface area contributed by atoms with E-state index in [1.165, 1.54) is 0 Å². The molecule has 0 aliphatic heterocycles. The molecule has 0 spiro atoms. The van der Waals surface area contributed by atoms with Crippen molar-refractivity contribution in [3.05, 3.63) is 72.1 Å². The molecule has 0 aliphatic carbocycles. The first-order chi connectivity index (χ1) is 11.7. The number of para-hydroxylation sites is 1. The van der Waals surface area contributed by atoms with Gasteiger partial charge in [-0.05, 0) is 50.2 Å². The molecule has 0 aliphatic rings. The number of hydrogen-bond acceptors (Lipinski definition) is 3. The van der Waals surface area contributed by atoms with Gasteiger partial charge in [-0.15, -0.1) is 0 Å². The molecule has 1 heterocycles. The number of nitrogens with one attached hydrogen (secondary N) is 1. The van der Waals surface area contributed by atoms with Gasteiger partial charge < -0.3 is 10.1 Å². The van der Waals surface area contributed by atoms with Gasteiger partial charge in [-0.25, -0.2) is 4.68 Å². The highest BCUT2D eigenvalue weighted by atomic mass is 16.5. The fourth-order valence-corrected chi connectivity index (χ4v) is 2.46. The van der Waals surface area contributed by atoms with Crippen LogP contribution in [0.25, 0.3) is 5.69 Å². The molecule has 0 bridgehead atoms. The van der Waals surface area contributed by atoms with Crippen molar-refractivity contribution in [3.63, 3.8) is 0 Å². The number of ether oxygens (including phenoxy) is 1. The zero-order chi connectivity index (χ0) is 16.9. The van der Waals surface area contributed by atoms with Crippen molar-refractivity contribution in [1.29, 1.82) is 0 Å². The molecule has 3 aromatic rings. The maximum absolute atomic E-state index is 12.5. The van der Waals surface area contributed by atoms with Crippen molar-refractivity contribution in [2.45, 2.75) is 13.8 Å². The van der Waals surface area contributed by atoms with Crippen LogP contribution in [-0.4, -0.2) is 22.3 Å². The number of anilines is 1. The van der Waals surface area contributed by atoms with Crippen LogP contribution in [-0.2, 0) is 0 Å². The first-order valence-electron chi connectivity index (χ1n) is 7.83. The second-order valence-corrected chi connectivity index (χ2v) is 5.30. The number of hydrogen-bond donors (Lipinski definition) is 1. The molecule has 0 saturated heterocycles. The molecule has 5 heteroatoms. The Bertz CT molecular complexity index is 824. The third-order valence-corrected chi connectivity index (χ3v) is 3.68. The molecular weight excluding hydrogens is 302 g/mol. The topological polar surface area (TPSA) is 56.1 Å². The lowest BCUT2D eigenvalue weighted by Crippen LogP contribution is -2.13. The predicted molar refractivity (Wildman–Crippen MR) is 93.9 cm³/mol. The van der Waals surface area contributed by atoms with Gasteiger partial charge in [-0.2, -0.15) is 5.10 Å². The van der Waals surface area contributed by atoms with Gasteiger partial charge in [0.05, 0.1) is 29.7 Å². The predicted octanol–water partition coefficient (Wildman–Crippen LogP) is 3.83. The quantitative estimate of drug-likeness (QED) is 0.777. The Hall–Kier alpha value is -3.08. The second kappa shape index (κ2) is 7.00. The number of nitrogens with zero attached hydrogens (tertiary/aromatic N) is 2. The summed E-state index contributed by atoms with van der Waals surface area (Å²) in [4.78, 5) is 12.5. The number of carbonyl (C=O) groups excluding carboxylic acids is 1. The summed E-state index contributed by atoms with van der Waals surface area (Å²) in [5.41, 5.74) is 2.99. The Kier molecular flexibility index (Phi) is 4.61. The molecule has 3 rings (SSSR count). The van der Waals surface area contributed by atoms with Gasteiger partial charge in [0.1, 0.15) is 5.75 Å². The van der Waals surface area contributed by atoms with Gasteiger partial charge in [0.25, 0.3) is 5.91 Å². The highest BCUT2D eigenvalue weighted by Crippen LogP contribution is 2.18.